The molecule has 4 N–H and O–H groups in total. The van der Waals surface area contributed by atoms with Crippen LogP contribution in [0.5, 0.6) is 0 Å². The number of para-hydroxylation sites is 1. The number of aryl methyl sites for hydroxylation is 2. The zero-order valence-electron chi connectivity index (χ0n) is 13.1. The number of fused-ring (bicyclic) bond motifs is 1. The number of aliphatic hydroxyl groups is 1. The van der Waals surface area contributed by atoms with Gasteiger partial charge in [-0.05, 0) is 37.8 Å². The summed E-state index contributed by atoms with van der Waals surface area (Å²) >= 11 is 0. The lowest BCUT2D eigenvalue weighted by atomic mass is 10.0. The molecule has 5 heteroatoms. The monoisotopic (exact) mass is 301 g/mol. The van der Waals surface area contributed by atoms with Crippen molar-refractivity contribution in [1.29, 1.82) is 0 Å². The molecule has 0 saturated carbocycles. The molecule has 5 nitrogen and oxygen atoms in total. The van der Waals surface area contributed by atoms with E-state index in [4.69, 9.17) is 10.8 Å². The van der Waals surface area contributed by atoms with E-state index in [9.17, 15) is 4.79 Å². The van der Waals surface area contributed by atoms with Crippen molar-refractivity contribution in [2.75, 3.05) is 19.7 Å². The molecule has 1 amide bonds. The molecule has 0 spiro atoms. The zero-order valence-corrected chi connectivity index (χ0v) is 13.1. The highest BCUT2D eigenvalue weighted by atomic mass is 16.3. The fraction of sp³-hybridized carbons (Fsp3) is 0.471. The Labute approximate surface area is 130 Å². The lowest BCUT2D eigenvalue weighted by molar-refractivity contribution is 0.0785. The molecule has 0 radical (unpaired) electrons. The number of benzene rings is 1. The quantitative estimate of drug-likeness (QED) is 0.804. The summed E-state index contributed by atoms with van der Waals surface area (Å²) in [6.45, 7) is 5.37. The smallest absolute Gasteiger partial charge is 0.256 e. The average molecular weight is 301 g/mol. The molecular formula is C17H23N3O2. The van der Waals surface area contributed by atoms with Crippen molar-refractivity contribution in [2.24, 2.45) is 11.7 Å². The maximum atomic E-state index is 12.9. The fourth-order valence-corrected chi connectivity index (χ4v) is 3.36. The van der Waals surface area contributed by atoms with E-state index < -0.39 is 0 Å². The minimum atomic E-state index is -0.0533. The Balaban J connectivity index is 1.92. The van der Waals surface area contributed by atoms with Gasteiger partial charge in [-0.3, -0.25) is 4.79 Å². The third-order valence-electron chi connectivity index (χ3n) is 4.85. The van der Waals surface area contributed by atoms with Crippen LogP contribution in [0.3, 0.4) is 0 Å². The van der Waals surface area contributed by atoms with E-state index in [1.54, 1.807) is 0 Å². The number of hydrogen-bond acceptors (Lipinski definition) is 3. The third kappa shape index (κ3) is 2.40. The highest BCUT2D eigenvalue weighted by molar-refractivity contribution is 6.06. The van der Waals surface area contributed by atoms with E-state index in [1.807, 2.05) is 30.0 Å². The minimum absolute atomic E-state index is 0.0164. The second-order valence-electron chi connectivity index (χ2n) is 6.25. The van der Waals surface area contributed by atoms with E-state index in [0.717, 1.165) is 16.6 Å². The maximum absolute atomic E-state index is 12.9. The van der Waals surface area contributed by atoms with Crippen molar-refractivity contribution in [3.05, 3.63) is 35.0 Å². The summed E-state index contributed by atoms with van der Waals surface area (Å²) in [5, 5.41) is 10.2. The van der Waals surface area contributed by atoms with Gasteiger partial charge < -0.3 is 20.7 Å². The second kappa shape index (κ2) is 5.74. The number of rotatable bonds is 3. The Hall–Kier alpha value is -1.85. The minimum Gasteiger partial charge on any atom is -0.396 e. The number of aromatic nitrogens is 1. The first-order valence-corrected chi connectivity index (χ1v) is 7.76. The highest BCUT2D eigenvalue weighted by Gasteiger charge is 2.33. The van der Waals surface area contributed by atoms with Gasteiger partial charge in [0.2, 0.25) is 0 Å². The number of H-pyrrole nitrogens is 1. The number of hydrogen-bond donors (Lipinski definition) is 3. The molecule has 1 aromatic heterocycles. The number of nitrogens with two attached hydrogens (primary N) is 1. The van der Waals surface area contributed by atoms with E-state index in [-0.39, 0.29) is 24.5 Å². The molecule has 22 heavy (non-hydrogen) atoms. The van der Waals surface area contributed by atoms with Gasteiger partial charge in [0, 0.05) is 36.8 Å². The van der Waals surface area contributed by atoms with E-state index in [1.165, 1.54) is 5.56 Å². The Morgan fingerprint density at radius 3 is 2.91 bits per heavy atom. The van der Waals surface area contributed by atoms with Gasteiger partial charge in [-0.2, -0.15) is 0 Å². The SMILES string of the molecule is Cc1[nH]c2c(C(=O)N3C[C@H](CCO)[C@@H](N)C3)cccc2c1C. The molecule has 0 bridgehead atoms. The summed E-state index contributed by atoms with van der Waals surface area (Å²) in [4.78, 5) is 18.0. The van der Waals surface area contributed by atoms with Crippen LogP contribution in [-0.2, 0) is 0 Å². The van der Waals surface area contributed by atoms with Gasteiger partial charge in [0.15, 0.2) is 0 Å². The number of likely N-dealkylation sites (tertiary alicyclic amines) is 1. The first-order chi connectivity index (χ1) is 10.5. The molecule has 1 fully saturated rings. The average Bonchev–Trinajstić information content (AvgIpc) is 3.00. The fourth-order valence-electron chi connectivity index (χ4n) is 3.36. The van der Waals surface area contributed by atoms with E-state index in [0.29, 0.717) is 25.1 Å². The summed E-state index contributed by atoms with van der Waals surface area (Å²) in [6, 6.07) is 5.78. The van der Waals surface area contributed by atoms with Gasteiger partial charge in [0.05, 0.1) is 11.1 Å². The highest BCUT2D eigenvalue weighted by Crippen LogP contribution is 2.27. The van der Waals surface area contributed by atoms with Crippen LogP contribution in [0.1, 0.15) is 28.0 Å². The second-order valence-corrected chi connectivity index (χ2v) is 6.25. The third-order valence-corrected chi connectivity index (χ3v) is 4.85. The molecule has 0 unspecified atom stereocenters. The Morgan fingerprint density at radius 2 is 2.18 bits per heavy atom. The van der Waals surface area contributed by atoms with Gasteiger partial charge in [-0.15, -0.1) is 0 Å². The molecule has 3 rings (SSSR count). The Kier molecular flexibility index (Phi) is 3.93. The number of aliphatic hydroxyl groups excluding tert-OH is 1. The lowest BCUT2D eigenvalue weighted by Crippen LogP contribution is -2.32. The van der Waals surface area contributed by atoms with Crippen LogP contribution in [0.2, 0.25) is 0 Å². The Morgan fingerprint density at radius 1 is 1.41 bits per heavy atom. The molecule has 1 aromatic carbocycles. The molecular weight excluding hydrogens is 278 g/mol. The van der Waals surface area contributed by atoms with E-state index in [2.05, 4.69) is 11.9 Å². The van der Waals surface area contributed by atoms with Crippen LogP contribution in [-0.4, -0.2) is 46.6 Å². The Bertz CT molecular complexity index is 707. The predicted molar refractivity (Wildman–Crippen MR) is 86.8 cm³/mol. The normalized spacial score (nSPS) is 21.7. The molecule has 2 atom stereocenters. The number of nitrogens with one attached hydrogen (secondary N) is 1. The zero-order chi connectivity index (χ0) is 15.9. The molecule has 0 aliphatic carbocycles. The number of carbonyl (C=O) groups excluding carboxylic acids is 1. The summed E-state index contributed by atoms with van der Waals surface area (Å²) in [6.07, 6.45) is 0.649. The molecule has 1 aliphatic heterocycles. The lowest BCUT2D eigenvalue weighted by Gasteiger charge is -2.16. The first kappa shape index (κ1) is 15.1. The largest absolute Gasteiger partial charge is 0.396 e. The van der Waals surface area contributed by atoms with Crippen LogP contribution >= 0.6 is 0 Å². The van der Waals surface area contributed by atoms with Crippen molar-refractivity contribution in [3.8, 4) is 0 Å². The number of nitrogens with zero attached hydrogens (tertiary/aromatic N) is 1. The number of aromatic amines is 1. The predicted octanol–water partition coefficient (Wildman–Crippen LogP) is 1.57. The van der Waals surface area contributed by atoms with Crippen molar-refractivity contribution >= 4 is 16.8 Å². The van der Waals surface area contributed by atoms with Crippen LogP contribution in [0.4, 0.5) is 0 Å². The van der Waals surface area contributed by atoms with Gasteiger partial charge >= 0.3 is 0 Å². The summed E-state index contributed by atoms with van der Waals surface area (Å²) in [5.41, 5.74) is 9.97. The first-order valence-electron chi connectivity index (χ1n) is 7.76. The number of carbonyl (C=O) groups is 1. The van der Waals surface area contributed by atoms with Crippen LogP contribution in [0.15, 0.2) is 18.2 Å². The molecule has 1 aliphatic rings. The summed E-state index contributed by atoms with van der Waals surface area (Å²) in [5.74, 6) is 0.197. The van der Waals surface area contributed by atoms with Crippen molar-refractivity contribution in [2.45, 2.75) is 26.3 Å². The summed E-state index contributed by atoms with van der Waals surface area (Å²) in [7, 11) is 0. The van der Waals surface area contributed by atoms with Crippen molar-refractivity contribution in [3.63, 3.8) is 0 Å². The molecule has 2 aromatic rings. The topological polar surface area (TPSA) is 82.3 Å². The van der Waals surface area contributed by atoms with Gasteiger partial charge in [0.1, 0.15) is 0 Å². The van der Waals surface area contributed by atoms with Crippen LogP contribution < -0.4 is 5.73 Å². The van der Waals surface area contributed by atoms with Crippen molar-refractivity contribution < 1.29 is 9.90 Å². The van der Waals surface area contributed by atoms with Gasteiger partial charge in [0.25, 0.3) is 5.91 Å². The molecule has 118 valence electrons. The molecule has 1 saturated heterocycles. The van der Waals surface area contributed by atoms with Crippen molar-refractivity contribution in [1.82, 2.24) is 9.88 Å². The van der Waals surface area contributed by atoms with Crippen LogP contribution in [0, 0.1) is 19.8 Å². The van der Waals surface area contributed by atoms with Gasteiger partial charge in [-0.25, -0.2) is 0 Å². The van der Waals surface area contributed by atoms with Crippen LogP contribution in [0.25, 0.3) is 10.9 Å². The number of amides is 1. The standard InChI is InChI=1S/C17H23N3O2/c1-10-11(2)19-16-13(10)4-3-5-14(16)17(22)20-8-12(6-7-21)15(18)9-20/h3-5,12,15,19,21H,6-9,18H2,1-2H3/t12-,15-/m0/s1. The maximum Gasteiger partial charge on any atom is 0.256 e. The molecule has 2 heterocycles. The van der Waals surface area contributed by atoms with E-state index >= 15 is 0 Å². The van der Waals surface area contributed by atoms with Gasteiger partial charge in [-0.1, -0.05) is 12.1 Å². The summed E-state index contributed by atoms with van der Waals surface area (Å²) < 4.78 is 0.